The molecule has 0 spiro atoms. The fourth-order valence-electron chi connectivity index (χ4n) is 1.72. The van der Waals surface area contributed by atoms with E-state index in [2.05, 4.69) is 0 Å². The Balaban J connectivity index is 2.94. The Hall–Kier alpha value is -2.12. The Labute approximate surface area is 122 Å². The van der Waals surface area contributed by atoms with Crippen LogP contribution in [0, 0.1) is 0 Å². The summed E-state index contributed by atoms with van der Waals surface area (Å²) in [5, 5.41) is 18.2. The molecule has 116 valence electrons. The van der Waals surface area contributed by atoms with Crippen molar-refractivity contribution in [1.82, 2.24) is 0 Å². The monoisotopic (exact) mass is 298 g/mol. The van der Waals surface area contributed by atoms with Gasteiger partial charge in [0.1, 0.15) is 17.9 Å². The molecule has 0 aliphatic carbocycles. The first-order chi connectivity index (χ1) is 10.0. The minimum Gasteiger partial charge on any atom is -0.487 e. The van der Waals surface area contributed by atoms with E-state index in [4.69, 9.17) is 24.4 Å². The first-order valence-corrected chi connectivity index (χ1v) is 6.46. The molecule has 2 N–H and O–H groups in total. The standard InChI is InChI=1S/C14H18O7/c1-3-19-11(20-4-2)8-21-10-7-5-6-9(13(15)16)12(10)14(17)18/h5-7,11H,3-4,8H2,1-2H3,(H,15,16)(H,17,18). The minimum absolute atomic E-state index is 0.0354. The Morgan fingerprint density at radius 3 is 2.19 bits per heavy atom. The Bertz CT molecular complexity index is 492. The molecule has 0 atom stereocenters. The number of hydrogen-bond acceptors (Lipinski definition) is 5. The average Bonchev–Trinajstić information content (AvgIpc) is 2.44. The Kier molecular flexibility index (Phi) is 6.64. The summed E-state index contributed by atoms with van der Waals surface area (Å²) >= 11 is 0. The summed E-state index contributed by atoms with van der Waals surface area (Å²) in [6, 6.07) is 4.02. The quantitative estimate of drug-likeness (QED) is 0.671. The zero-order valence-corrected chi connectivity index (χ0v) is 11.9. The van der Waals surface area contributed by atoms with Gasteiger partial charge in [0.25, 0.3) is 0 Å². The second-order valence-electron chi connectivity index (χ2n) is 3.94. The Morgan fingerprint density at radius 1 is 1.10 bits per heavy atom. The molecule has 0 saturated heterocycles. The summed E-state index contributed by atoms with van der Waals surface area (Å²) in [5.74, 6) is -2.73. The van der Waals surface area contributed by atoms with Crippen molar-refractivity contribution >= 4 is 11.9 Å². The van der Waals surface area contributed by atoms with Gasteiger partial charge in [-0.05, 0) is 26.0 Å². The number of rotatable bonds is 9. The summed E-state index contributed by atoms with van der Waals surface area (Å²) in [7, 11) is 0. The number of carboxylic acids is 2. The van der Waals surface area contributed by atoms with Gasteiger partial charge in [0.05, 0.1) is 5.56 Å². The van der Waals surface area contributed by atoms with Crippen molar-refractivity contribution in [2.75, 3.05) is 19.8 Å². The highest BCUT2D eigenvalue weighted by Crippen LogP contribution is 2.23. The van der Waals surface area contributed by atoms with Crippen LogP contribution < -0.4 is 4.74 Å². The molecule has 1 aromatic rings. The molecule has 0 fully saturated rings. The molecule has 0 radical (unpaired) electrons. The van der Waals surface area contributed by atoms with E-state index in [1.54, 1.807) is 13.8 Å². The van der Waals surface area contributed by atoms with Crippen LogP contribution >= 0.6 is 0 Å². The minimum atomic E-state index is -1.37. The van der Waals surface area contributed by atoms with Crippen LogP contribution in [0.15, 0.2) is 18.2 Å². The first-order valence-electron chi connectivity index (χ1n) is 6.46. The molecule has 7 heteroatoms. The molecule has 7 nitrogen and oxygen atoms in total. The van der Waals surface area contributed by atoms with Crippen LogP contribution in [0.2, 0.25) is 0 Å². The number of carboxylic acid groups (broad SMARTS) is 2. The molecule has 0 heterocycles. The van der Waals surface area contributed by atoms with Gasteiger partial charge >= 0.3 is 11.9 Å². The molecule has 0 unspecified atom stereocenters. The summed E-state index contributed by atoms with van der Waals surface area (Å²) in [6.45, 7) is 4.37. The van der Waals surface area contributed by atoms with Gasteiger partial charge in [-0.25, -0.2) is 9.59 Å². The maximum Gasteiger partial charge on any atom is 0.340 e. The van der Waals surface area contributed by atoms with Crippen molar-refractivity contribution in [3.63, 3.8) is 0 Å². The van der Waals surface area contributed by atoms with Crippen LogP contribution in [-0.2, 0) is 9.47 Å². The highest BCUT2D eigenvalue weighted by atomic mass is 16.7. The van der Waals surface area contributed by atoms with E-state index < -0.39 is 23.8 Å². The third-order valence-corrected chi connectivity index (χ3v) is 2.55. The van der Waals surface area contributed by atoms with Crippen LogP contribution in [0.5, 0.6) is 5.75 Å². The van der Waals surface area contributed by atoms with Crippen molar-refractivity contribution in [1.29, 1.82) is 0 Å². The van der Waals surface area contributed by atoms with E-state index in [-0.39, 0.29) is 17.9 Å². The zero-order chi connectivity index (χ0) is 15.8. The maximum absolute atomic E-state index is 11.2. The summed E-state index contributed by atoms with van der Waals surface area (Å²) in [4.78, 5) is 22.3. The second kappa shape index (κ2) is 8.23. The molecule has 0 aliphatic rings. The summed E-state index contributed by atoms with van der Waals surface area (Å²) in [5.41, 5.74) is -0.721. The van der Waals surface area contributed by atoms with E-state index in [0.717, 1.165) is 0 Å². The molecule has 1 aromatic carbocycles. The van der Waals surface area contributed by atoms with E-state index in [0.29, 0.717) is 13.2 Å². The lowest BCUT2D eigenvalue weighted by Crippen LogP contribution is -2.26. The van der Waals surface area contributed by atoms with Crippen LogP contribution in [0.25, 0.3) is 0 Å². The van der Waals surface area contributed by atoms with Gasteiger partial charge in [-0.15, -0.1) is 0 Å². The molecule has 0 aromatic heterocycles. The number of hydrogen-bond donors (Lipinski definition) is 2. The summed E-state index contributed by atoms with van der Waals surface area (Å²) in [6.07, 6.45) is -0.643. The largest absolute Gasteiger partial charge is 0.487 e. The SMILES string of the molecule is CCOC(COc1cccc(C(=O)O)c1C(=O)O)OCC. The van der Waals surface area contributed by atoms with E-state index in [9.17, 15) is 9.59 Å². The highest BCUT2D eigenvalue weighted by molar-refractivity contribution is 6.03. The lowest BCUT2D eigenvalue weighted by Gasteiger charge is -2.18. The van der Waals surface area contributed by atoms with Gasteiger partial charge in [-0.3, -0.25) is 0 Å². The van der Waals surface area contributed by atoms with Gasteiger partial charge < -0.3 is 24.4 Å². The first kappa shape index (κ1) is 16.9. The van der Waals surface area contributed by atoms with E-state index in [1.165, 1.54) is 18.2 Å². The lowest BCUT2D eigenvalue weighted by atomic mass is 10.1. The lowest BCUT2D eigenvalue weighted by molar-refractivity contribution is -0.152. The fraction of sp³-hybridized carbons (Fsp3) is 0.429. The van der Waals surface area contributed by atoms with Crippen molar-refractivity contribution in [2.45, 2.75) is 20.1 Å². The van der Waals surface area contributed by atoms with Gasteiger partial charge in [0.2, 0.25) is 0 Å². The Morgan fingerprint density at radius 2 is 1.71 bits per heavy atom. The van der Waals surface area contributed by atoms with Gasteiger partial charge in [0.15, 0.2) is 6.29 Å². The number of aromatic carboxylic acids is 2. The molecular weight excluding hydrogens is 280 g/mol. The van der Waals surface area contributed by atoms with E-state index >= 15 is 0 Å². The van der Waals surface area contributed by atoms with Gasteiger partial charge in [-0.1, -0.05) is 6.07 Å². The molecule has 0 bridgehead atoms. The zero-order valence-electron chi connectivity index (χ0n) is 11.9. The smallest absolute Gasteiger partial charge is 0.340 e. The van der Waals surface area contributed by atoms with E-state index in [1.807, 2.05) is 0 Å². The molecule has 0 amide bonds. The predicted octanol–water partition coefficient (Wildman–Crippen LogP) is 1.86. The van der Waals surface area contributed by atoms with Crippen LogP contribution in [0.1, 0.15) is 34.6 Å². The number of benzene rings is 1. The van der Waals surface area contributed by atoms with Gasteiger partial charge in [-0.2, -0.15) is 0 Å². The molecule has 21 heavy (non-hydrogen) atoms. The third kappa shape index (κ3) is 4.73. The molecule has 0 aliphatic heterocycles. The van der Waals surface area contributed by atoms with Crippen LogP contribution in [0.4, 0.5) is 0 Å². The summed E-state index contributed by atoms with van der Waals surface area (Å²) < 4.78 is 15.9. The topological polar surface area (TPSA) is 102 Å². The number of ether oxygens (including phenoxy) is 3. The highest BCUT2D eigenvalue weighted by Gasteiger charge is 2.22. The normalized spacial score (nSPS) is 10.6. The maximum atomic E-state index is 11.2. The molecule has 0 saturated carbocycles. The average molecular weight is 298 g/mol. The molecule has 1 rings (SSSR count). The van der Waals surface area contributed by atoms with Crippen LogP contribution in [0.3, 0.4) is 0 Å². The number of carbonyl (C=O) groups is 2. The van der Waals surface area contributed by atoms with Crippen molar-refractivity contribution in [3.8, 4) is 5.75 Å². The predicted molar refractivity (Wildman–Crippen MR) is 72.9 cm³/mol. The van der Waals surface area contributed by atoms with Crippen molar-refractivity contribution in [3.05, 3.63) is 29.3 Å². The van der Waals surface area contributed by atoms with Crippen molar-refractivity contribution in [2.24, 2.45) is 0 Å². The molecular formula is C14H18O7. The fourth-order valence-corrected chi connectivity index (χ4v) is 1.72. The van der Waals surface area contributed by atoms with Crippen molar-refractivity contribution < 1.29 is 34.0 Å². The second-order valence-corrected chi connectivity index (χ2v) is 3.94. The third-order valence-electron chi connectivity index (χ3n) is 2.55. The van der Waals surface area contributed by atoms with Crippen LogP contribution in [-0.4, -0.2) is 48.3 Å². The van der Waals surface area contributed by atoms with Gasteiger partial charge in [0, 0.05) is 13.2 Å².